The first-order valence-corrected chi connectivity index (χ1v) is 18.4. The lowest BCUT2D eigenvalue weighted by molar-refractivity contribution is -0.688. The minimum atomic E-state index is -0.681. The molecule has 2 heterocycles. The molecule has 3 saturated carbocycles. The minimum absolute atomic E-state index is 0.0579. The summed E-state index contributed by atoms with van der Waals surface area (Å²) in [7, 11) is 0. The van der Waals surface area contributed by atoms with Gasteiger partial charge < -0.3 is 9.84 Å². The molecular weight excluding hydrogens is 627 g/mol. The number of carbonyl (C=O) groups excluding carboxylic acids is 2. The molecule has 0 saturated heterocycles. The number of carbonyl (C=O) groups is 2. The highest BCUT2D eigenvalue weighted by Gasteiger charge is 2.68. The van der Waals surface area contributed by atoms with Crippen LogP contribution in [0.25, 0.3) is 11.3 Å². The number of aromatic nitrogens is 2. The summed E-state index contributed by atoms with van der Waals surface area (Å²) in [6.07, 6.45) is 8.25. The number of aliphatic hydroxyl groups is 1. The number of rotatable bonds is 8. The molecule has 6 rings (SSSR count). The average Bonchev–Trinajstić information content (AvgIpc) is 3.70. The molecule has 3 aromatic rings. The Kier molecular flexibility index (Phi) is 9.25. The lowest BCUT2D eigenvalue weighted by atomic mass is 9.44. The molecule has 1 N–H and O–H groups in total. The summed E-state index contributed by atoms with van der Waals surface area (Å²) in [5, 5.41) is 22.8. The predicted octanol–water partition coefficient (Wildman–Crippen LogP) is 7.02. The lowest BCUT2D eigenvalue weighted by Crippen LogP contribution is -2.63. The van der Waals surface area contributed by atoms with Crippen molar-refractivity contribution < 1.29 is 24.0 Å². The van der Waals surface area contributed by atoms with Crippen LogP contribution in [0.1, 0.15) is 70.9 Å². The Hall–Kier alpha value is -3.32. The van der Waals surface area contributed by atoms with Crippen LogP contribution < -0.4 is 4.57 Å². The Morgan fingerprint density at radius 3 is 2.62 bits per heavy atom. The van der Waals surface area contributed by atoms with Crippen LogP contribution in [-0.4, -0.2) is 39.8 Å². The predicted molar refractivity (Wildman–Crippen MR) is 183 cm³/mol. The quantitative estimate of drug-likeness (QED) is 0.119. The van der Waals surface area contributed by atoms with Gasteiger partial charge >= 0.3 is 5.97 Å². The smallest absolute Gasteiger partial charge is 0.316 e. The van der Waals surface area contributed by atoms with E-state index in [2.05, 4.69) is 38.0 Å². The number of pyridine rings is 1. The van der Waals surface area contributed by atoms with Crippen LogP contribution in [0.15, 0.2) is 71.2 Å². The third-order valence-electron chi connectivity index (χ3n) is 12.0. The van der Waals surface area contributed by atoms with E-state index in [0.29, 0.717) is 24.9 Å². The van der Waals surface area contributed by atoms with E-state index >= 15 is 0 Å². The van der Waals surface area contributed by atoms with Gasteiger partial charge in [0.15, 0.2) is 23.3 Å². The van der Waals surface area contributed by atoms with Gasteiger partial charge in [0, 0.05) is 51.8 Å². The zero-order valence-electron chi connectivity index (χ0n) is 27.6. The van der Waals surface area contributed by atoms with Crippen molar-refractivity contribution in [1.82, 2.24) is 4.98 Å². The third-order valence-corrected chi connectivity index (χ3v) is 14.0. The molecule has 3 aliphatic carbocycles. The molecule has 1 aromatic carbocycles. The molecule has 0 amide bonds. The van der Waals surface area contributed by atoms with E-state index in [1.165, 1.54) is 23.1 Å². The first-order valence-electron chi connectivity index (χ1n) is 16.5. The van der Waals surface area contributed by atoms with E-state index in [1.54, 1.807) is 0 Å². The first kappa shape index (κ1) is 33.6. The molecule has 3 aliphatic rings. The van der Waals surface area contributed by atoms with Gasteiger partial charge in [-0.3, -0.25) is 9.59 Å². The van der Waals surface area contributed by atoms with Crippen molar-refractivity contribution in [3.05, 3.63) is 78.0 Å². The molecular formula is C38H44N3O4S2+. The molecule has 0 unspecified atom stereocenters. The molecule has 7 nitrogen and oxygen atoms in total. The van der Waals surface area contributed by atoms with E-state index < -0.39 is 23.0 Å². The maximum atomic E-state index is 13.6. The lowest BCUT2D eigenvalue weighted by Gasteiger charge is -2.61. The van der Waals surface area contributed by atoms with E-state index in [0.717, 1.165) is 40.4 Å². The van der Waals surface area contributed by atoms with Gasteiger partial charge in [0.25, 0.3) is 0 Å². The third kappa shape index (κ3) is 5.98. The number of thioether (sulfide) groups is 1. The Morgan fingerprint density at radius 1 is 1.21 bits per heavy atom. The summed E-state index contributed by atoms with van der Waals surface area (Å²) in [5.41, 5.74) is 2.13. The van der Waals surface area contributed by atoms with Crippen LogP contribution in [0.5, 0.6) is 0 Å². The highest BCUT2D eigenvalue weighted by atomic mass is 32.2. The van der Waals surface area contributed by atoms with Crippen molar-refractivity contribution in [3.63, 3.8) is 0 Å². The summed E-state index contributed by atoms with van der Waals surface area (Å²) in [6.45, 7) is 13.3. The molecule has 2 aromatic heterocycles. The topological polar surface area (TPSA) is 104 Å². The number of ketones is 1. The minimum Gasteiger partial charge on any atom is -0.461 e. The van der Waals surface area contributed by atoms with Gasteiger partial charge in [-0.1, -0.05) is 57.7 Å². The van der Waals surface area contributed by atoms with Gasteiger partial charge in [-0.2, -0.15) is 5.26 Å². The molecule has 0 aliphatic heterocycles. The van der Waals surface area contributed by atoms with E-state index in [1.807, 2.05) is 67.2 Å². The van der Waals surface area contributed by atoms with Crippen LogP contribution in [0.3, 0.4) is 0 Å². The number of benzene rings is 1. The Labute approximate surface area is 286 Å². The number of hydrogen-bond donors (Lipinski definition) is 1. The van der Waals surface area contributed by atoms with Crippen molar-refractivity contribution >= 4 is 34.9 Å². The second-order valence-corrected chi connectivity index (χ2v) is 16.5. The second kappa shape index (κ2) is 12.9. The van der Waals surface area contributed by atoms with Gasteiger partial charge in [-0.05, 0) is 55.1 Å². The summed E-state index contributed by atoms with van der Waals surface area (Å²) in [5.74, 6) is -0.0619. The molecule has 2 bridgehead atoms. The van der Waals surface area contributed by atoms with Gasteiger partial charge in [-0.25, -0.2) is 9.55 Å². The number of esters is 1. The summed E-state index contributed by atoms with van der Waals surface area (Å²) in [6, 6.07) is 13.8. The standard InChI is InChI=1S/C38H44N3O4S2/c1-6-36(4)19-31(37(5)24(2)11-15-38(25(3)34(36)44)16-12-30(42)33(37)38)45-32(43)23-47-35-40-29(22-46-35)28-13-17-41(18-14-28)21-27-9-7-26(20-39)8-10-27/h6-10,13-14,17-18,22,24-25,31,33-34,44H,1,11-12,15-16,19,21,23H2,2-5H3/q+1/t24-,25+,31-,33+,34+,36-,37+,38+/m1/s1. The van der Waals surface area contributed by atoms with Crippen LogP contribution in [0.4, 0.5) is 0 Å². The SMILES string of the molecule is C=C[C@]1(C)C[C@@H](OC(=O)CSc2nc(-c3cc[n+](Cc4ccc(C#N)cc4)cc3)cs2)[C@]2(C)[C@H](C)CC[C@]3(CCC(=O)[C@H]32)[C@@H](C)[C@@H]1O. The van der Waals surface area contributed by atoms with Crippen molar-refractivity contribution in [3.8, 4) is 17.3 Å². The first-order chi connectivity index (χ1) is 22.4. The van der Waals surface area contributed by atoms with Crippen LogP contribution in [0.2, 0.25) is 0 Å². The van der Waals surface area contributed by atoms with Crippen molar-refractivity contribution in [1.29, 1.82) is 5.26 Å². The van der Waals surface area contributed by atoms with Gasteiger partial charge in [0.2, 0.25) is 0 Å². The number of ether oxygens (including phenoxy) is 1. The highest BCUT2D eigenvalue weighted by Crippen LogP contribution is 2.68. The molecule has 0 spiro atoms. The molecule has 47 heavy (non-hydrogen) atoms. The molecule has 3 fully saturated rings. The summed E-state index contributed by atoms with van der Waals surface area (Å²) in [4.78, 5) is 32.0. The van der Waals surface area contributed by atoms with E-state index in [9.17, 15) is 14.7 Å². The van der Waals surface area contributed by atoms with Gasteiger partial charge in [-0.15, -0.1) is 17.9 Å². The largest absolute Gasteiger partial charge is 0.461 e. The zero-order chi connectivity index (χ0) is 33.6. The van der Waals surface area contributed by atoms with Crippen LogP contribution in [0, 0.1) is 45.3 Å². The molecule has 0 radical (unpaired) electrons. The fourth-order valence-electron chi connectivity index (χ4n) is 8.90. The van der Waals surface area contributed by atoms with Crippen molar-refractivity contribution in [2.24, 2.45) is 34.0 Å². The fraction of sp³-hybridized carbons (Fsp3) is 0.500. The molecule has 9 heteroatoms. The van der Waals surface area contributed by atoms with Crippen LogP contribution >= 0.6 is 23.1 Å². The van der Waals surface area contributed by atoms with E-state index in [-0.39, 0.29) is 40.7 Å². The Morgan fingerprint density at radius 2 is 1.94 bits per heavy atom. The van der Waals surface area contributed by atoms with Gasteiger partial charge in [0.1, 0.15) is 11.9 Å². The normalized spacial score (nSPS) is 33.3. The maximum Gasteiger partial charge on any atom is 0.316 e. The summed E-state index contributed by atoms with van der Waals surface area (Å²) >= 11 is 2.87. The number of thiazole rings is 1. The number of nitriles is 1. The maximum absolute atomic E-state index is 13.6. The Balaban J connectivity index is 1.14. The van der Waals surface area contributed by atoms with E-state index in [4.69, 9.17) is 15.0 Å². The van der Waals surface area contributed by atoms with Crippen LogP contribution in [-0.2, 0) is 20.9 Å². The van der Waals surface area contributed by atoms with Crippen molar-refractivity contribution in [2.45, 2.75) is 82.9 Å². The monoisotopic (exact) mass is 670 g/mol. The average molecular weight is 671 g/mol. The Bertz CT molecular complexity index is 1700. The molecule has 8 atom stereocenters. The zero-order valence-corrected chi connectivity index (χ0v) is 29.3. The molecule has 246 valence electrons. The van der Waals surface area contributed by atoms with Gasteiger partial charge in [0.05, 0.1) is 29.2 Å². The number of aliphatic hydroxyl groups excluding tert-OH is 1. The number of nitrogens with zero attached hydrogens (tertiary/aromatic N) is 3. The van der Waals surface area contributed by atoms with Crippen molar-refractivity contribution in [2.75, 3.05) is 5.75 Å². The number of hydrogen-bond acceptors (Lipinski definition) is 8. The fourth-order valence-corrected chi connectivity index (χ4v) is 10.5. The summed E-state index contributed by atoms with van der Waals surface area (Å²) < 4.78 is 9.25. The number of Topliss-reactive ketones (excluding diaryl/α,β-unsaturated/α-hetero) is 1. The second-order valence-electron chi connectivity index (χ2n) is 14.4. The highest BCUT2D eigenvalue weighted by molar-refractivity contribution is 8.01.